The molecule has 1 aromatic carbocycles. The largest absolute Gasteiger partial charge is 0.336 e. The van der Waals surface area contributed by atoms with Gasteiger partial charge in [0.1, 0.15) is 5.82 Å². The molecule has 2 rings (SSSR count). The van der Waals surface area contributed by atoms with E-state index >= 15 is 0 Å². The quantitative estimate of drug-likeness (QED) is 0.903. The van der Waals surface area contributed by atoms with Gasteiger partial charge in [0.2, 0.25) is 0 Å². The second kappa shape index (κ2) is 5.98. The molecular formula is C13H15ClFN3. The number of hydrogen-bond donors (Lipinski definition) is 1. The maximum atomic E-state index is 13.5. The van der Waals surface area contributed by atoms with Crippen LogP contribution in [0.15, 0.2) is 36.9 Å². The minimum Gasteiger partial charge on any atom is -0.336 e. The molecule has 1 aromatic heterocycles. The van der Waals surface area contributed by atoms with Gasteiger partial charge >= 0.3 is 0 Å². The second-order valence-electron chi connectivity index (χ2n) is 4.28. The molecule has 0 aliphatic rings. The lowest BCUT2D eigenvalue weighted by Gasteiger charge is -2.14. The van der Waals surface area contributed by atoms with Gasteiger partial charge in [-0.2, -0.15) is 0 Å². The number of hydrogen-bond acceptors (Lipinski definition) is 2. The van der Waals surface area contributed by atoms with Gasteiger partial charge in [-0.25, -0.2) is 9.37 Å². The van der Waals surface area contributed by atoms with E-state index in [2.05, 4.69) is 10.3 Å². The van der Waals surface area contributed by atoms with E-state index in [-0.39, 0.29) is 11.9 Å². The number of benzene rings is 1. The number of nitrogens with one attached hydrogen (secondary N) is 1. The molecule has 0 saturated heterocycles. The molecule has 0 saturated carbocycles. The average Bonchev–Trinajstić information content (AvgIpc) is 2.83. The fourth-order valence-corrected chi connectivity index (χ4v) is 1.93. The van der Waals surface area contributed by atoms with Crippen LogP contribution in [0.25, 0.3) is 0 Å². The summed E-state index contributed by atoms with van der Waals surface area (Å²) in [5, 5.41) is 3.81. The minimum absolute atomic E-state index is 0.220. The highest BCUT2D eigenvalue weighted by atomic mass is 35.5. The predicted molar refractivity (Wildman–Crippen MR) is 69.9 cm³/mol. The molecule has 0 spiro atoms. The fourth-order valence-electron chi connectivity index (χ4n) is 1.74. The molecule has 1 atom stereocenters. The van der Waals surface area contributed by atoms with Crippen LogP contribution in [-0.2, 0) is 13.1 Å². The predicted octanol–water partition coefficient (Wildman–Crippen LogP) is 2.85. The average molecular weight is 268 g/mol. The smallest absolute Gasteiger partial charge is 0.127 e. The SMILES string of the molecule is CC(Cn1ccnc1)NCc1cc(Cl)ccc1F. The van der Waals surface area contributed by atoms with E-state index in [1.165, 1.54) is 6.07 Å². The summed E-state index contributed by atoms with van der Waals surface area (Å²) >= 11 is 5.84. The van der Waals surface area contributed by atoms with Gasteiger partial charge in [0.15, 0.2) is 0 Å². The van der Waals surface area contributed by atoms with E-state index in [0.717, 1.165) is 6.54 Å². The molecule has 1 N–H and O–H groups in total. The van der Waals surface area contributed by atoms with Crippen molar-refractivity contribution in [3.8, 4) is 0 Å². The van der Waals surface area contributed by atoms with Crippen LogP contribution < -0.4 is 5.32 Å². The highest BCUT2D eigenvalue weighted by Gasteiger charge is 2.06. The first kappa shape index (κ1) is 13.1. The van der Waals surface area contributed by atoms with Crippen molar-refractivity contribution in [2.45, 2.75) is 26.1 Å². The Bertz CT molecular complexity index is 499. The lowest BCUT2D eigenvalue weighted by atomic mass is 10.2. The summed E-state index contributed by atoms with van der Waals surface area (Å²) in [6.07, 6.45) is 5.40. The minimum atomic E-state index is -0.235. The van der Waals surface area contributed by atoms with Crippen LogP contribution in [0, 0.1) is 5.82 Å². The molecule has 0 fully saturated rings. The highest BCUT2D eigenvalue weighted by Crippen LogP contribution is 2.14. The van der Waals surface area contributed by atoms with Gasteiger partial charge < -0.3 is 9.88 Å². The maximum absolute atomic E-state index is 13.5. The van der Waals surface area contributed by atoms with Crippen molar-refractivity contribution < 1.29 is 4.39 Å². The summed E-state index contributed by atoms with van der Waals surface area (Å²) in [6, 6.07) is 4.81. The Morgan fingerprint density at radius 1 is 1.50 bits per heavy atom. The van der Waals surface area contributed by atoms with Gasteiger partial charge in [0, 0.05) is 42.1 Å². The molecular weight excluding hydrogens is 253 g/mol. The maximum Gasteiger partial charge on any atom is 0.127 e. The van der Waals surface area contributed by atoms with Gasteiger partial charge in [0.25, 0.3) is 0 Å². The summed E-state index contributed by atoms with van der Waals surface area (Å²) in [5.74, 6) is -0.235. The number of aromatic nitrogens is 2. The Morgan fingerprint density at radius 2 is 2.33 bits per heavy atom. The molecule has 1 unspecified atom stereocenters. The van der Waals surface area contributed by atoms with Crippen LogP contribution in [-0.4, -0.2) is 15.6 Å². The Morgan fingerprint density at radius 3 is 3.06 bits per heavy atom. The molecule has 3 nitrogen and oxygen atoms in total. The van der Waals surface area contributed by atoms with E-state index in [1.54, 1.807) is 24.7 Å². The van der Waals surface area contributed by atoms with Gasteiger partial charge in [-0.05, 0) is 25.1 Å². The zero-order valence-corrected chi connectivity index (χ0v) is 10.9. The van der Waals surface area contributed by atoms with Crippen LogP contribution in [0.5, 0.6) is 0 Å². The summed E-state index contributed by atoms with van der Waals surface area (Å²) in [7, 11) is 0. The van der Waals surface area contributed by atoms with Gasteiger partial charge in [-0.15, -0.1) is 0 Å². The van der Waals surface area contributed by atoms with Gasteiger partial charge in [-0.1, -0.05) is 11.6 Å². The van der Waals surface area contributed by atoms with Crippen LogP contribution >= 0.6 is 11.6 Å². The second-order valence-corrected chi connectivity index (χ2v) is 4.71. The standard InChI is InChI=1S/C13H15ClFN3/c1-10(8-18-5-4-16-9-18)17-7-11-6-12(14)2-3-13(11)15/h2-6,9-10,17H,7-8H2,1H3. The first-order valence-electron chi connectivity index (χ1n) is 5.78. The highest BCUT2D eigenvalue weighted by molar-refractivity contribution is 6.30. The van der Waals surface area contributed by atoms with Crippen LogP contribution in [0.1, 0.15) is 12.5 Å². The summed E-state index contributed by atoms with van der Waals surface area (Å²) < 4.78 is 15.5. The molecule has 0 bridgehead atoms. The topological polar surface area (TPSA) is 29.9 Å². The third-order valence-corrected chi connectivity index (χ3v) is 2.93. The molecule has 0 radical (unpaired) electrons. The van der Waals surface area contributed by atoms with Crippen LogP contribution in [0.3, 0.4) is 0 Å². The first-order valence-corrected chi connectivity index (χ1v) is 6.16. The molecule has 18 heavy (non-hydrogen) atoms. The van der Waals surface area contributed by atoms with Crippen molar-refractivity contribution in [3.05, 3.63) is 53.3 Å². The Hall–Kier alpha value is -1.39. The van der Waals surface area contributed by atoms with Crippen LogP contribution in [0.2, 0.25) is 5.02 Å². The van der Waals surface area contributed by atoms with E-state index in [4.69, 9.17) is 11.6 Å². The summed E-state index contributed by atoms with van der Waals surface area (Å²) in [4.78, 5) is 3.98. The summed E-state index contributed by atoms with van der Waals surface area (Å²) in [6.45, 7) is 3.30. The monoisotopic (exact) mass is 267 g/mol. The third kappa shape index (κ3) is 3.55. The number of imidazole rings is 1. The van der Waals surface area contributed by atoms with Crippen molar-refractivity contribution in [1.82, 2.24) is 14.9 Å². The number of rotatable bonds is 5. The Kier molecular flexibility index (Phi) is 4.33. The van der Waals surface area contributed by atoms with Crippen molar-refractivity contribution in [1.29, 1.82) is 0 Å². The Labute approximate surface area is 111 Å². The van der Waals surface area contributed by atoms with Crippen molar-refractivity contribution >= 4 is 11.6 Å². The summed E-state index contributed by atoms with van der Waals surface area (Å²) in [5.41, 5.74) is 0.583. The number of nitrogens with zero attached hydrogens (tertiary/aromatic N) is 2. The molecule has 2 aromatic rings. The molecule has 1 heterocycles. The van der Waals surface area contributed by atoms with Crippen LogP contribution in [0.4, 0.5) is 4.39 Å². The molecule has 96 valence electrons. The third-order valence-electron chi connectivity index (χ3n) is 2.69. The van der Waals surface area contributed by atoms with Gasteiger partial charge in [-0.3, -0.25) is 0 Å². The molecule has 0 aliphatic carbocycles. The normalized spacial score (nSPS) is 12.6. The zero-order chi connectivity index (χ0) is 13.0. The van der Waals surface area contributed by atoms with E-state index < -0.39 is 0 Å². The van der Waals surface area contributed by atoms with E-state index in [9.17, 15) is 4.39 Å². The van der Waals surface area contributed by atoms with E-state index in [0.29, 0.717) is 17.1 Å². The van der Waals surface area contributed by atoms with Crippen molar-refractivity contribution in [3.63, 3.8) is 0 Å². The zero-order valence-electron chi connectivity index (χ0n) is 10.1. The first-order chi connectivity index (χ1) is 8.65. The van der Waals surface area contributed by atoms with Gasteiger partial charge in [0.05, 0.1) is 6.33 Å². The molecule has 5 heteroatoms. The Balaban J connectivity index is 1.89. The lowest BCUT2D eigenvalue weighted by Crippen LogP contribution is -2.29. The van der Waals surface area contributed by atoms with Crippen molar-refractivity contribution in [2.24, 2.45) is 0 Å². The molecule has 0 aliphatic heterocycles. The van der Waals surface area contributed by atoms with Crippen molar-refractivity contribution in [2.75, 3.05) is 0 Å². The van der Waals surface area contributed by atoms with E-state index in [1.807, 2.05) is 17.7 Å². The lowest BCUT2D eigenvalue weighted by molar-refractivity contribution is 0.468. The number of halogens is 2. The molecule has 0 amide bonds. The fraction of sp³-hybridized carbons (Fsp3) is 0.308.